The van der Waals surface area contributed by atoms with Crippen LogP contribution in [-0.4, -0.2) is 109 Å². The molecule has 2 rings (SSSR count). The first-order chi connectivity index (χ1) is 11.6. The smallest absolute Gasteiger partial charge is 0.0529 e. The van der Waals surface area contributed by atoms with Gasteiger partial charge in [0.15, 0.2) is 0 Å². The number of hydrogen-bond acceptors (Lipinski definition) is 6. The van der Waals surface area contributed by atoms with Crippen LogP contribution in [0.2, 0.25) is 0 Å². The molecular weight excluding hydrogens is 300 g/mol. The molecule has 0 aliphatic carbocycles. The minimum Gasteiger partial charge on any atom is -0.278 e. The molecule has 2 heterocycles. The zero-order valence-electron chi connectivity index (χ0n) is 17.2. The third-order valence-corrected chi connectivity index (χ3v) is 5.08. The fourth-order valence-corrected chi connectivity index (χ4v) is 3.17. The van der Waals surface area contributed by atoms with E-state index in [1.807, 2.05) is 0 Å². The Kier molecular flexibility index (Phi) is 11.1. The Hall–Kier alpha value is -0.240. The summed E-state index contributed by atoms with van der Waals surface area (Å²) in [7, 11) is 0. The van der Waals surface area contributed by atoms with Crippen molar-refractivity contribution in [3.05, 3.63) is 0 Å². The van der Waals surface area contributed by atoms with Crippen molar-refractivity contribution < 1.29 is 0 Å². The number of nitrogens with zero attached hydrogens (tertiary/aromatic N) is 6. The molecule has 0 atom stereocenters. The van der Waals surface area contributed by atoms with Crippen LogP contribution >= 0.6 is 0 Å². The standard InChI is InChI=1S/2C9H21N3/c2*1-4-10-7-11(5-2)9-12(6-3)8-10/h2*4-9H2,1-3H3. The van der Waals surface area contributed by atoms with Crippen LogP contribution in [0.25, 0.3) is 0 Å². The van der Waals surface area contributed by atoms with E-state index in [4.69, 9.17) is 0 Å². The van der Waals surface area contributed by atoms with Gasteiger partial charge in [-0.15, -0.1) is 0 Å². The lowest BCUT2D eigenvalue weighted by Crippen LogP contribution is -2.54. The molecule has 0 amide bonds. The van der Waals surface area contributed by atoms with Crippen LogP contribution < -0.4 is 0 Å². The lowest BCUT2D eigenvalue weighted by atomic mass is 10.4. The maximum atomic E-state index is 2.47. The zero-order chi connectivity index (χ0) is 17.9. The van der Waals surface area contributed by atoms with Crippen LogP contribution in [0.4, 0.5) is 0 Å². The van der Waals surface area contributed by atoms with E-state index in [2.05, 4.69) is 70.9 Å². The van der Waals surface area contributed by atoms with Crippen LogP contribution in [0.5, 0.6) is 0 Å². The second-order valence-electron chi connectivity index (χ2n) is 6.77. The molecule has 2 aliphatic heterocycles. The summed E-state index contributed by atoms with van der Waals surface area (Å²) in [5, 5.41) is 0. The second-order valence-corrected chi connectivity index (χ2v) is 6.77. The highest BCUT2D eigenvalue weighted by atomic mass is 15.5. The van der Waals surface area contributed by atoms with Gasteiger partial charge in [0, 0.05) is 0 Å². The van der Waals surface area contributed by atoms with Gasteiger partial charge in [-0.05, 0) is 39.3 Å². The Labute approximate surface area is 150 Å². The summed E-state index contributed by atoms with van der Waals surface area (Å²) in [6.07, 6.45) is 0. The van der Waals surface area contributed by atoms with E-state index in [9.17, 15) is 0 Å². The van der Waals surface area contributed by atoms with Gasteiger partial charge in [-0.25, -0.2) is 0 Å². The molecule has 0 aromatic heterocycles. The van der Waals surface area contributed by atoms with Crippen molar-refractivity contribution in [2.75, 3.05) is 79.3 Å². The topological polar surface area (TPSA) is 19.4 Å². The van der Waals surface area contributed by atoms with E-state index in [1.54, 1.807) is 0 Å². The summed E-state index contributed by atoms with van der Waals surface area (Å²) in [5.41, 5.74) is 0. The lowest BCUT2D eigenvalue weighted by molar-refractivity contribution is -0.0212. The highest BCUT2D eigenvalue weighted by molar-refractivity contribution is 4.67. The van der Waals surface area contributed by atoms with Crippen molar-refractivity contribution in [2.45, 2.75) is 41.5 Å². The Morgan fingerprint density at radius 1 is 0.333 bits per heavy atom. The molecule has 144 valence electrons. The van der Waals surface area contributed by atoms with Crippen molar-refractivity contribution in [3.8, 4) is 0 Å². The molecular formula is C18H42N6. The first-order valence-corrected chi connectivity index (χ1v) is 9.93. The summed E-state index contributed by atoms with van der Waals surface area (Å²) >= 11 is 0. The molecule has 0 aromatic rings. The molecule has 0 saturated carbocycles. The van der Waals surface area contributed by atoms with Crippen LogP contribution in [0.1, 0.15) is 41.5 Å². The van der Waals surface area contributed by atoms with Crippen LogP contribution in [0.3, 0.4) is 0 Å². The van der Waals surface area contributed by atoms with E-state index in [0.717, 1.165) is 79.3 Å². The summed E-state index contributed by atoms with van der Waals surface area (Å²) < 4.78 is 0. The van der Waals surface area contributed by atoms with Crippen molar-refractivity contribution in [3.63, 3.8) is 0 Å². The average molecular weight is 343 g/mol. The van der Waals surface area contributed by atoms with E-state index < -0.39 is 0 Å². The van der Waals surface area contributed by atoms with E-state index in [1.165, 1.54) is 0 Å². The summed E-state index contributed by atoms with van der Waals surface area (Å²) in [4.78, 5) is 14.8. The summed E-state index contributed by atoms with van der Waals surface area (Å²) in [5.74, 6) is 0. The van der Waals surface area contributed by atoms with Gasteiger partial charge in [0.25, 0.3) is 0 Å². The maximum absolute atomic E-state index is 2.47. The first kappa shape index (κ1) is 21.8. The van der Waals surface area contributed by atoms with Crippen molar-refractivity contribution in [1.29, 1.82) is 0 Å². The van der Waals surface area contributed by atoms with Gasteiger partial charge in [0.1, 0.15) is 0 Å². The molecule has 0 radical (unpaired) electrons. The van der Waals surface area contributed by atoms with Gasteiger partial charge in [0.05, 0.1) is 40.0 Å². The molecule has 0 spiro atoms. The molecule has 0 aromatic carbocycles. The monoisotopic (exact) mass is 342 g/mol. The van der Waals surface area contributed by atoms with Gasteiger partial charge in [-0.3, -0.25) is 29.4 Å². The first-order valence-electron chi connectivity index (χ1n) is 9.93. The maximum Gasteiger partial charge on any atom is 0.0529 e. The van der Waals surface area contributed by atoms with Crippen molar-refractivity contribution in [2.24, 2.45) is 0 Å². The quantitative estimate of drug-likeness (QED) is 0.726. The Morgan fingerprint density at radius 3 is 0.542 bits per heavy atom. The average Bonchev–Trinajstić information content (AvgIpc) is 2.67. The van der Waals surface area contributed by atoms with Crippen LogP contribution in [0, 0.1) is 0 Å². The SMILES string of the molecule is CCN1CN(CC)CN(CC)C1.CCN1CN(CC)CN(CC)C1. The van der Waals surface area contributed by atoms with Gasteiger partial charge >= 0.3 is 0 Å². The molecule has 24 heavy (non-hydrogen) atoms. The van der Waals surface area contributed by atoms with Gasteiger partial charge in [0.2, 0.25) is 0 Å². The summed E-state index contributed by atoms with van der Waals surface area (Å²) in [6.45, 7) is 27.2. The molecule has 0 N–H and O–H groups in total. The summed E-state index contributed by atoms with van der Waals surface area (Å²) in [6, 6.07) is 0. The molecule has 2 saturated heterocycles. The fraction of sp³-hybridized carbons (Fsp3) is 1.00. The Balaban J connectivity index is 0.000000240. The van der Waals surface area contributed by atoms with E-state index >= 15 is 0 Å². The predicted octanol–water partition coefficient (Wildman–Crippen LogP) is 1.68. The fourth-order valence-electron chi connectivity index (χ4n) is 3.17. The number of hydrogen-bond donors (Lipinski definition) is 0. The minimum absolute atomic E-state index is 1.14. The predicted molar refractivity (Wildman–Crippen MR) is 103 cm³/mol. The van der Waals surface area contributed by atoms with Gasteiger partial charge in [-0.2, -0.15) is 0 Å². The molecule has 0 unspecified atom stereocenters. The normalized spacial score (nSPS) is 23.2. The molecule has 6 nitrogen and oxygen atoms in total. The zero-order valence-corrected chi connectivity index (χ0v) is 17.2. The highest BCUT2D eigenvalue weighted by Gasteiger charge is 2.20. The largest absolute Gasteiger partial charge is 0.278 e. The van der Waals surface area contributed by atoms with Gasteiger partial charge < -0.3 is 0 Å². The molecule has 2 fully saturated rings. The third kappa shape index (κ3) is 7.33. The molecule has 6 heteroatoms. The van der Waals surface area contributed by atoms with E-state index in [-0.39, 0.29) is 0 Å². The van der Waals surface area contributed by atoms with Gasteiger partial charge in [-0.1, -0.05) is 41.5 Å². The van der Waals surface area contributed by atoms with E-state index in [0.29, 0.717) is 0 Å². The molecule has 0 bridgehead atoms. The second kappa shape index (κ2) is 12.2. The molecule has 2 aliphatic rings. The van der Waals surface area contributed by atoms with Crippen LogP contribution in [0.15, 0.2) is 0 Å². The van der Waals surface area contributed by atoms with Crippen molar-refractivity contribution >= 4 is 0 Å². The van der Waals surface area contributed by atoms with Crippen molar-refractivity contribution in [1.82, 2.24) is 29.4 Å². The minimum atomic E-state index is 1.14. The Bertz CT molecular complexity index is 224. The highest BCUT2D eigenvalue weighted by Crippen LogP contribution is 2.06. The third-order valence-electron chi connectivity index (χ3n) is 5.08. The number of rotatable bonds is 6. The van der Waals surface area contributed by atoms with Crippen LogP contribution in [-0.2, 0) is 0 Å². The Morgan fingerprint density at radius 2 is 0.458 bits per heavy atom. The lowest BCUT2D eigenvalue weighted by Gasteiger charge is -2.41.